The van der Waals surface area contributed by atoms with Crippen LogP contribution in [0.5, 0.6) is 0 Å². The summed E-state index contributed by atoms with van der Waals surface area (Å²) in [5, 5.41) is 9.57. The van der Waals surface area contributed by atoms with Gasteiger partial charge < -0.3 is 16.4 Å². The van der Waals surface area contributed by atoms with Crippen LogP contribution in [-0.4, -0.2) is 34.7 Å². The number of rotatable bonds is 5. The van der Waals surface area contributed by atoms with Crippen LogP contribution < -0.4 is 16.4 Å². The van der Waals surface area contributed by atoms with Crippen molar-refractivity contribution >= 4 is 17.5 Å². The highest BCUT2D eigenvalue weighted by Gasteiger charge is 2.16. The van der Waals surface area contributed by atoms with E-state index in [0.29, 0.717) is 30.0 Å². The van der Waals surface area contributed by atoms with Crippen molar-refractivity contribution < 1.29 is 9.59 Å². The number of nitrogens with two attached hydrogens (primary N) is 1. The van der Waals surface area contributed by atoms with Gasteiger partial charge in [0, 0.05) is 20.1 Å². The minimum atomic E-state index is -0.317. The molecule has 0 saturated carbocycles. The molecule has 0 atom stereocenters. The molecule has 2 amide bonds. The van der Waals surface area contributed by atoms with E-state index in [1.54, 1.807) is 37.4 Å². The molecule has 0 saturated heterocycles. The lowest BCUT2D eigenvalue weighted by molar-refractivity contribution is 0.0955. The minimum absolute atomic E-state index is 0.275. The van der Waals surface area contributed by atoms with E-state index in [9.17, 15) is 9.59 Å². The maximum atomic E-state index is 12.3. The van der Waals surface area contributed by atoms with Gasteiger partial charge in [-0.2, -0.15) is 5.10 Å². The van der Waals surface area contributed by atoms with Crippen molar-refractivity contribution in [3.8, 4) is 0 Å². The second kappa shape index (κ2) is 6.86. The van der Waals surface area contributed by atoms with Gasteiger partial charge in [0.1, 0.15) is 5.69 Å². The molecule has 0 fully saturated rings. The zero-order valence-electron chi connectivity index (χ0n) is 12.6. The molecule has 1 heterocycles. The van der Waals surface area contributed by atoms with Gasteiger partial charge in [-0.25, -0.2) is 0 Å². The Morgan fingerprint density at radius 3 is 2.64 bits per heavy atom. The lowest BCUT2D eigenvalue weighted by Gasteiger charge is -2.11. The highest BCUT2D eigenvalue weighted by Crippen LogP contribution is 2.16. The Labute approximate surface area is 128 Å². The molecule has 2 rings (SSSR count). The summed E-state index contributed by atoms with van der Waals surface area (Å²) >= 11 is 0. The number of anilines is 1. The molecule has 0 bridgehead atoms. The minimum Gasteiger partial charge on any atom is -0.351 e. The van der Waals surface area contributed by atoms with E-state index >= 15 is 0 Å². The Morgan fingerprint density at radius 1 is 1.27 bits per heavy atom. The highest BCUT2D eigenvalue weighted by atomic mass is 16.2. The number of carbonyl (C=O) groups excluding carboxylic acids is 2. The van der Waals surface area contributed by atoms with Crippen LogP contribution in [0.2, 0.25) is 0 Å². The zero-order valence-corrected chi connectivity index (χ0v) is 12.6. The van der Waals surface area contributed by atoms with Crippen molar-refractivity contribution in [1.82, 2.24) is 15.1 Å². The summed E-state index contributed by atoms with van der Waals surface area (Å²) in [6.45, 7) is 2.54. The Hall–Kier alpha value is -2.67. The number of hydrogen-bond acceptors (Lipinski definition) is 4. The van der Waals surface area contributed by atoms with Crippen molar-refractivity contribution in [3.05, 3.63) is 47.3 Å². The summed E-state index contributed by atoms with van der Waals surface area (Å²) in [6, 6.07) is 8.51. The Kier molecular flexibility index (Phi) is 4.90. The molecule has 4 N–H and O–H groups in total. The molecular weight excluding hydrogens is 282 g/mol. The van der Waals surface area contributed by atoms with E-state index < -0.39 is 0 Å². The number of para-hydroxylation sites is 1. The monoisotopic (exact) mass is 301 g/mol. The van der Waals surface area contributed by atoms with Gasteiger partial charge in [0.2, 0.25) is 0 Å². The van der Waals surface area contributed by atoms with Crippen LogP contribution >= 0.6 is 0 Å². The molecule has 0 aliphatic heterocycles. The summed E-state index contributed by atoms with van der Waals surface area (Å²) < 4.78 is 1.50. The van der Waals surface area contributed by atoms with Crippen molar-refractivity contribution in [2.45, 2.75) is 6.92 Å². The van der Waals surface area contributed by atoms with Crippen molar-refractivity contribution in [1.29, 1.82) is 0 Å². The summed E-state index contributed by atoms with van der Waals surface area (Å²) in [7, 11) is 1.70. The summed E-state index contributed by atoms with van der Waals surface area (Å²) in [6.07, 6.45) is 0. The third-order valence-corrected chi connectivity index (χ3v) is 3.08. The van der Waals surface area contributed by atoms with Crippen LogP contribution in [0.3, 0.4) is 0 Å². The Morgan fingerprint density at radius 2 is 2.00 bits per heavy atom. The lowest BCUT2D eigenvalue weighted by Crippen LogP contribution is -2.30. The van der Waals surface area contributed by atoms with E-state index in [1.165, 1.54) is 4.68 Å². The number of amides is 2. The highest BCUT2D eigenvalue weighted by molar-refractivity contribution is 6.08. The lowest BCUT2D eigenvalue weighted by atomic mass is 10.1. The van der Waals surface area contributed by atoms with Crippen LogP contribution in [0.4, 0.5) is 5.69 Å². The fraction of sp³-hybridized carbons (Fsp3) is 0.267. The zero-order chi connectivity index (χ0) is 16.1. The third-order valence-electron chi connectivity index (χ3n) is 3.08. The number of aromatic nitrogens is 2. The van der Waals surface area contributed by atoms with Crippen LogP contribution in [0.25, 0.3) is 0 Å². The largest absolute Gasteiger partial charge is 0.351 e. The van der Waals surface area contributed by atoms with E-state index in [4.69, 9.17) is 5.73 Å². The summed E-state index contributed by atoms with van der Waals surface area (Å²) in [5.74, 6) is -0.593. The number of carbonyl (C=O) groups is 2. The fourth-order valence-corrected chi connectivity index (χ4v) is 2.08. The van der Waals surface area contributed by atoms with Crippen LogP contribution in [0.15, 0.2) is 30.3 Å². The Bertz CT molecular complexity index is 693. The summed E-state index contributed by atoms with van der Waals surface area (Å²) in [5.41, 5.74) is 7.39. The molecule has 0 spiro atoms. The maximum absolute atomic E-state index is 12.3. The average Bonchev–Trinajstić information content (AvgIpc) is 2.84. The Balaban J connectivity index is 2.21. The molecule has 1 aromatic heterocycles. The number of aryl methyl sites for hydroxylation is 2. The molecule has 116 valence electrons. The first-order chi connectivity index (χ1) is 10.5. The van der Waals surface area contributed by atoms with E-state index in [1.807, 2.05) is 6.92 Å². The normalized spacial score (nSPS) is 10.3. The standard InChI is InChI=1S/C15H19N5O2/c1-10-9-13(20(2)19-10)15(22)18-12-6-4-3-5-11(12)14(21)17-8-7-16/h3-6,9H,7-8,16H2,1-2H3,(H,17,21)(H,18,22). The number of benzene rings is 1. The van der Waals surface area contributed by atoms with Gasteiger partial charge in [-0.1, -0.05) is 12.1 Å². The summed E-state index contributed by atoms with van der Waals surface area (Å²) in [4.78, 5) is 24.4. The van der Waals surface area contributed by atoms with Crippen LogP contribution in [0.1, 0.15) is 26.5 Å². The SMILES string of the molecule is Cc1cc(C(=O)Nc2ccccc2C(=O)NCCN)n(C)n1. The predicted octanol–water partition coefficient (Wildman–Crippen LogP) is 0.669. The van der Waals surface area contributed by atoms with Crippen molar-refractivity contribution in [2.75, 3.05) is 18.4 Å². The van der Waals surface area contributed by atoms with E-state index in [0.717, 1.165) is 5.69 Å². The first-order valence-corrected chi connectivity index (χ1v) is 6.92. The molecule has 7 heteroatoms. The molecule has 0 aliphatic rings. The number of hydrogen-bond donors (Lipinski definition) is 3. The van der Waals surface area contributed by atoms with Gasteiger partial charge in [-0.3, -0.25) is 14.3 Å². The van der Waals surface area contributed by atoms with E-state index in [2.05, 4.69) is 15.7 Å². The fourth-order valence-electron chi connectivity index (χ4n) is 2.08. The molecule has 1 aromatic carbocycles. The molecule has 22 heavy (non-hydrogen) atoms. The van der Waals surface area contributed by atoms with Gasteiger partial charge in [0.25, 0.3) is 11.8 Å². The molecule has 2 aromatic rings. The van der Waals surface area contributed by atoms with Gasteiger partial charge in [0.15, 0.2) is 0 Å². The third kappa shape index (κ3) is 3.50. The van der Waals surface area contributed by atoms with Crippen LogP contribution in [0, 0.1) is 6.92 Å². The van der Waals surface area contributed by atoms with Crippen LogP contribution in [-0.2, 0) is 7.05 Å². The van der Waals surface area contributed by atoms with Gasteiger partial charge >= 0.3 is 0 Å². The van der Waals surface area contributed by atoms with Gasteiger partial charge in [-0.05, 0) is 25.1 Å². The smallest absolute Gasteiger partial charge is 0.273 e. The molecule has 0 aliphatic carbocycles. The topological polar surface area (TPSA) is 102 Å². The maximum Gasteiger partial charge on any atom is 0.273 e. The first kappa shape index (κ1) is 15.7. The van der Waals surface area contributed by atoms with Gasteiger partial charge in [-0.15, -0.1) is 0 Å². The molecule has 0 unspecified atom stereocenters. The van der Waals surface area contributed by atoms with E-state index in [-0.39, 0.29) is 11.8 Å². The quantitative estimate of drug-likeness (QED) is 0.755. The molecule has 0 radical (unpaired) electrons. The second-order valence-corrected chi connectivity index (χ2v) is 4.84. The molecular formula is C15H19N5O2. The number of nitrogens with zero attached hydrogens (tertiary/aromatic N) is 2. The number of nitrogens with one attached hydrogen (secondary N) is 2. The molecule has 7 nitrogen and oxygen atoms in total. The van der Waals surface area contributed by atoms with Crippen molar-refractivity contribution in [2.24, 2.45) is 12.8 Å². The van der Waals surface area contributed by atoms with Crippen molar-refractivity contribution in [3.63, 3.8) is 0 Å². The average molecular weight is 301 g/mol. The van der Waals surface area contributed by atoms with Gasteiger partial charge in [0.05, 0.1) is 16.9 Å². The predicted molar refractivity (Wildman–Crippen MR) is 83.7 cm³/mol. The first-order valence-electron chi connectivity index (χ1n) is 6.92. The second-order valence-electron chi connectivity index (χ2n) is 4.84.